The van der Waals surface area contributed by atoms with E-state index in [0.717, 1.165) is 22.0 Å². The number of thiazole rings is 1. The van der Waals surface area contributed by atoms with Crippen LogP contribution in [0.4, 0.5) is 5.69 Å². The quantitative estimate of drug-likeness (QED) is 0.525. The summed E-state index contributed by atoms with van der Waals surface area (Å²) < 4.78 is 6.78. The smallest absolute Gasteiger partial charge is 0.332 e. The van der Waals surface area contributed by atoms with Gasteiger partial charge in [0.1, 0.15) is 10.8 Å². The average molecular weight is 343 g/mol. The van der Waals surface area contributed by atoms with E-state index in [0.29, 0.717) is 6.54 Å². The lowest BCUT2D eigenvalue weighted by atomic mass is 10.2. The number of methoxy groups -OCH3 is 1. The fraction of sp³-hybridized carbons (Fsp3) is 0.125. The molecule has 0 atom stereocenters. The minimum absolute atomic E-state index is 0.349. The highest BCUT2D eigenvalue weighted by molar-refractivity contribution is 7.13. The van der Waals surface area contributed by atoms with Crippen molar-refractivity contribution < 1.29 is 9.66 Å². The molecule has 0 saturated carbocycles. The van der Waals surface area contributed by atoms with Crippen LogP contribution in [0.15, 0.2) is 52.9 Å². The minimum atomic E-state index is -0.679. The lowest BCUT2D eigenvalue weighted by Gasteiger charge is -2.03. The van der Waals surface area contributed by atoms with E-state index in [9.17, 15) is 14.9 Å². The van der Waals surface area contributed by atoms with Gasteiger partial charge in [-0.15, -0.1) is 11.3 Å². The Morgan fingerprint density at radius 3 is 2.96 bits per heavy atom. The molecule has 3 aromatic rings. The molecule has 3 rings (SSSR count). The fourth-order valence-electron chi connectivity index (χ4n) is 2.20. The first-order chi connectivity index (χ1) is 11.6. The molecule has 8 heteroatoms. The highest BCUT2D eigenvalue weighted by atomic mass is 32.1. The van der Waals surface area contributed by atoms with Crippen molar-refractivity contribution in [3.8, 4) is 16.3 Å². The molecular weight excluding hydrogens is 330 g/mol. The van der Waals surface area contributed by atoms with Gasteiger partial charge in [-0.1, -0.05) is 12.1 Å². The number of aromatic nitrogens is 2. The van der Waals surface area contributed by atoms with E-state index in [-0.39, 0.29) is 0 Å². The SMILES string of the molecule is COc1cccc(-c2nc(Cn3ccc(=O)c([N+](=O)[O-])c3)cs2)c1. The van der Waals surface area contributed by atoms with Crippen LogP contribution in [0, 0.1) is 10.1 Å². The van der Waals surface area contributed by atoms with Crippen LogP contribution in [-0.4, -0.2) is 21.6 Å². The van der Waals surface area contributed by atoms with Crippen molar-refractivity contribution in [2.24, 2.45) is 0 Å². The molecule has 0 aliphatic carbocycles. The Labute approximate surface area is 140 Å². The minimum Gasteiger partial charge on any atom is -0.497 e. The van der Waals surface area contributed by atoms with Gasteiger partial charge in [-0.05, 0) is 12.1 Å². The van der Waals surface area contributed by atoms with Crippen molar-refractivity contribution in [3.05, 3.63) is 74.1 Å². The lowest BCUT2D eigenvalue weighted by Crippen LogP contribution is -2.11. The third-order valence-corrected chi connectivity index (χ3v) is 4.31. The van der Waals surface area contributed by atoms with Crippen molar-refractivity contribution in [2.45, 2.75) is 6.54 Å². The van der Waals surface area contributed by atoms with Crippen molar-refractivity contribution in [1.29, 1.82) is 0 Å². The molecule has 0 aliphatic heterocycles. The Morgan fingerprint density at radius 2 is 2.21 bits per heavy atom. The number of benzene rings is 1. The lowest BCUT2D eigenvalue weighted by molar-refractivity contribution is -0.386. The summed E-state index contributed by atoms with van der Waals surface area (Å²) >= 11 is 1.48. The van der Waals surface area contributed by atoms with E-state index in [1.165, 1.54) is 29.8 Å². The molecule has 0 unspecified atom stereocenters. The third kappa shape index (κ3) is 3.33. The summed E-state index contributed by atoms with van der Waals surface area (Å²) in [7, 11) is 1.61. The van der Waals surface area contributed by atoms with Crippen LogP contribution in [0.5, 0.6) is 5.75 Å². The van der Waals surface area contributed by atoms with E-state index >= 15 is 0 Å². The molecule has 122 valence electrons. The highest BCUT2D eigenvalue weighted by Gasteiger charge is 2.12. The molecule has 0 N–H and O–H groups in total. The topological polar surface area (TPSA) is 87.3 Å². The van der Waals surface area contributed by atoms with Gasteiger partial charge in [0, 0.05) is 23.2 Å². The number of nitro groups is 1. The van der Waals surface area contributed by atoms with E-state index in [4.69, 9.17) is 4.74 Å². The Bertz CT molecular complexity index is 948. The second-order valence-corrected chi connectivity index (χ2v) is 5.86. The standard InChI is InChI=1S/C16H13N3O4S/c1-23-13-4-2-3-11(7-13)16-17-12(10-24-16)8-18-6-5-15(20)14(9-18)19(21)22/h2-7,9-10H,8H2,1H3. The molecule has 24 heavy (non-hydrogen) atoms. The van der Waals surface area contributed by atoms with Crippen LogP contribution >= 0.6 is 11.3 Å². The van der Waals surface area contributed by atoms with Gasteiger partial charge < -0.3 is 9.30 Å². The van der Waals surface area contributed by atoms with Crippen LogP contribution in [0.25, 0.3) is 10.6 Å². The van der Waals surface area contributed by atoms with Crippen molar-refractivity contribution in [1.82, 2.24) is 9.55 Å². The van der Waals surface area contributed by atoms with Gasteiger partial charge in [0.2, 0.25) is 0 Å². The van der Waals surface area contributed by atoms with Crippen molar-refractivity contribution in [2.75, 3.05) is 7.11 Å². The van der Waals surface area contributed by atoms with Crippen LogP contribution in [-0.2, 0) is 6.54 Å². The predicted molar refractivity (Wildman–Crippen MR) is 90.6 cm³/mol. The predicted octanol–water partition coefficient (Wildman–Crippen LogP) is 2.94. The number of nitrogens with zero attached hydrogens (tertiary/aromatic N) is 3. The van der Waals surface area contributed by atoms with E-state index < -0.39 is 16.0 Å². The molecule has 0 fully saturated rings. The fourth-order valence-corrected chi connectivity index (χ4v) is 3.01. The number of ether oxygens (including phenoxy) is 1. The maximum absolute atomic E-state index is 11.4. The monoisotopic (exact) mass is 343 g/mol. The molecule has 0 amide bonds. The molecule has 2 aromatic heterocycles. The molecule has 0 spiro atoms. The largest absolute Gasteiger partial charge is 0.497 e. The van der Waals surface area contributed by atoms with Crippen molar-refractivity contribution in [3.63, 3.8) is 0 Å². The van der Waals surface area contributed by atoms with Crippen LogP contribution < -0.4 is 10.2 Å². The molecule has 7 nitrogen and oxygen atoms in total. The zero-order valence-corrected chi connectivity index (χ0v) is 13.5. The van der Waals surface area contributed by atoms with Gasteiger partial charge in [-0.2, -0.15) is 0 Å². The number of hydrogen-bond donors (Lipinski definition) is 0. The van der Waals surface area contributed by atoms with Crippen molar-refractivity contribution >= 4 is 17.0 Å². The van der Waals surface area contributed by atoms with E-state index in [1.54, 1.807) is 11.7 Å². The second kappa shape index (κ2) is 6.63. The molecule has 2 heterocycles. The van der Waals surface area contributed by atoms with E-state index in [2.05, 4.69) is 4.98 Å². The van der Waals surface area contributed by atoms with Gasteiger partial charge in [0.25, 0.3) is 5.43 Å². The van der Waals surface area contributed by atoms with Crippen LogP contribution in [0.2, 0.25) is 0 Å². The first-order valence-electron chi connectivity index (χ1n) is 7.00. The Kier molecular flexibility index (Phi) is 4.39. The normalized spacial score (nSPS) is 10.5. The summed E-state index contributed by atoms with van der Waals surface area (Å²) in [4.78, 5) is 26.1. The number of hydrogen-bond acceptors (Lipinski definition) is 6. The number of rotatable bonds is 5. The van der Waals surface area contributed by atoms with E-state index in [1.807, 2.05) is 29.6 Å². The summed E-state index contributed by atoms with van der Waals surface area (Å²) in [6.07, 6.45) is 2.74. The zero-order chi connectivity index (χ0) is 17.1. The summed E-state index contributed by atoms with van der Waals surface area (Å²) in [5.41, 5.74) is 0.652. The summed E-state index contributed by atoms with van der Waals surface area (Å²) in [5, 5.41) is 13.6. The van der Waals surface area contributed by atoms with Gasteiger partial charge in [-0.25, -0.2) is 4.98 Å². The number of pyridine rings is 1. The molecule has 0 radical (unpaired) electrons. The average Bonchev–Trinajstić information content (AvgIpc) is 3.05. The Hall–Kier alpha value is -3.00. The first kappa shape index (κ1) is 15.9. The molecular formula is C16H13N3O4S. The summed E-state index contributed by atoms with van der Waals surface area (Å²) in [5.74, 6) is 0.750. The van der Waals surface area contributed by atoms with Crippen LogP contribution in [0.1, 0.15) is 5.69 Å². The van der Waals surface area contributed by atoms with Gasteiger partial charge in [-0.3, -0.25) is 14.9 Å². The molecule has 0 bridgehead atoms. The third-order valence-electron chi connectivity index (χ3n) is 3.37. The maximum Gasteiger partial charge on any atom is 0.332 e. The molecule has 0 saturated heterocycles. The maximum atomic E-state index is 11.4. The highest BCUT2D eigenvalue weighted by Crippen LogP contribution is 2.27. The van der Waals surface area contributed by atoms with Crippen LogP contribution in [0.3, 0.4) is 0 Å². The molecule has 0 aliphatic rings. The summed E-state index contributed by atoms with van der Waals surface area (Å²) in [6, 6.07) is 8.77. The van der Waals surface area contributed by atoms with Gasteiger partial charge in [0.05, 0.1) is 30.5 Å². The van der Waals surface area contributed by atoms with Gasteiger partial charge in [0.15, 0.2) is 0 Å². The first-order valence-corrected chi connectivity index (χ1v) is 7.88. The molecule has 1 aromatic carbocycles. The zero-order valence-electron chi connectivity index (χ0n) is 12.7. The van der Waals surface area contributed by atoms with Gasteiger partial charge >= 0.3 is 5.69 Å². The Morgan fingerprint density at radius 1 is 1.38 bits per heavy atom. The Balaban J connectivity index is 1.85. The summed E-state index contributed by atoms with van der Waals surface area (Å²) in [6.45, 7) is 0.349. The second-order valence-electron chi connectivity index (χ2n) is 5.00.